The molecule has 3 atom stereocenters. The number of rotatable bonds is 5. The van der Waals surface area contributed by atoms with Gasteiger partial charge in [-0.15, -0.1) is 0 Å². The lowest BCUT2D eigenvalue weighted by Crippen LogP contribution is -2.33. The van der Waals surface area contributed by atoms with Crippen molar-refractivity contribution in [3.05, 3.63) is 0 Å². The van der Waals surface area contributed by atoms with E-state index in [1.807, 2.05) is 0 Å². The van der Waals surface area contributed by atoms with Crippen molar-refractivity contribution in [2.45, 2.75) is 45.6 Å². The van der Waals surface area contributed by atoms with E-state index in [1.54, 1.807) is 0 Å². The molecule has 88 valence electrons. The lowest BCUT2D eigenvalue weighted by Gasteiger charge is -2.25. The summed E-state index contributed by atoms with van der Waals surface area (Å²) in [7, 11) is 0. The second-order valence-electron chi connectivity index (χ2n) is 4.88. The SMILES string of the molecule is CC[C@@H]1C[C@H](C)CN1C[C@@H](C#N)CCC#N. The fraction of sp³-hybridized carbons (Fsp3) is 0.846. The van der Waals surface area contributed by atoms with Crippen LogP contribution < -0.4 is 0 Å². The van der Waals surface area contributed by atoms with Crippen LogP contribution in [0.4, 0.5) is 0 Å². The van der Waals surface area contributed by atoms with Crippen LogP contribution in [0.15, 0.2) is 0 Å². The van der Waals surface area contributed by atoms with Gasteiger partial charge < -0.3 is 0 Å². The summed E-state index contributed by atoms with van der Waals surface area (Å²) in [6.45, 7) is 6.45. The first-order chi connectivity index (χ1) is 7.71. The third-order valence-corrected chi connectivity index (χ3v) is 3.45. The molecule has 0 bridgehead atoms. The summed E-state index contributed by atoms with van der Waals surface area (Å²) in [5.74, 6) is 0.777. The van der Waals surface area contributed by atoms with E-state index in [2.05, 4.69) is 30.9 Å². The first kappa shape index (κ1) is 13.0. The van der Waals surface area contributed by atoms with Crippen molar-refractivity contribution in [3.63, 3.8) is 0 Å². The largest absolute Gasteiger partial charge is 0.299 e. The Kier molecular flexibility index (Phi) is 5.29. The molecular weight excluding hydrogens is 198 g/mol. The number of nitriles is 2. The molecular formula is C13H21N3. The molecule has 0 N–H and O–H groups in total. The first-order valence-electron chi connectivity index (χ1n) is 6.21. The van der Waals surface area contributed by atoms with Gasteiger partial charge in [0.05, 0.1) is 18.1 Å². The minimum Gasteiger partial charge on any atom is -0.299 e. The van der Waals surface area contributed by atoms with Gasteiger partial charge in [0.15, 0.2) is 0 Å². The first-order valence-corrected chi connectivity index (χ1v) is 6.21. The highest BCUT2D eigenvalue weighted by Gasteiger charge is 2.29. The molecule has 0 aromatic rings. The van der Waals surface area contributed by atoms with Crippen molar-refractivity contribution < 1.29 is 0 Å². The Bertz CT molecular complexity index is 287. The summed E-state index contributed by atoms with van der Waals surface area (Å²) in [4.78, 5) is 2.44. The van der Waals surface area contributed by atoms with Gasteiger partial charge >= 0.3 is 0 Å². The van der Waals surface area contributed by atoms with E-state index in [4.69, 9.17) is 10.5 Å². The Balaban J connectivity index is 2.45. The maximum atomic E-state index is 9.05. The van der Waals surface area contributed by atoms with Crippen LogP contribution in [-0.4, -0.2) is 24.0 Å². The van der Waals surface area contributed by atoms with Gasteiger partial charge in [-0.2, -0.15) is 10.5 Å². The predicted octanol–water partition coefficient (Wildman–Crippen LogP) is 2.55. The summed E-state index contributed by atoms with van der Waals surface area (Å²) >= 11 is 0. The normalized spacial score (nSPS) is 27.2. The summed E-state index contributed by atoms with van der Waals surface area (Å²) in [6.07, 6.45) is 3.64. The van der Waals surface area contributed by atoms with Crippen molar-refractivity contribution in [3.8, 4) is 12.1 Å². The van der Waals surface area contributed by atoms with Crippen LogP contribution in [0.3, 0.4) is 0 Å². The van der Waals surface area contributed by atoms with Crippen molar-refractivity contribution in [1.82, 2.24) is 4.90 Å². The Labute approximate surface area is 98.7 Å². The van der Waals surface area contributed by atoms with Crippen molar-refractivity contribution >= 4 is 0 Å². The van der Waals surface area contributed by atoms with Crippen LogP contribution in [0.25, 0.3) is 0 Å². The molecule has 0 saturated carbocycles. The lowest BCUT2D eigenvalue weighted by molar-refractivity contribution is 0.221. The molecule has 1 rings (SSSR count). The standard InChI is InChI=1S/C13H21N3/c1-3-13-7-11(2)9-16(13)10-12(8-15)5-4-6-14/h11-13H,3-5,7,9-10H2,1-2H3/t11-,12+,13+/m0/s1. The monoisotopic (exact) mass is 219 g/mol. The van der Waals surface area contributed by atoms with E-state index >= 15 is 0 Å². The number of hydrogen-bond donors (Lipinski definition) is 0. The molecule has 0 unspecified atom stereocenters. The molecule has 0 aromatic carbocycles. The van der Waals surface area contributed by atoms with E-state index in [9.17, 15) is 0 Å². The van der Waals surface area contributed by atoms with Crippen LogP contribution in [-0.2, 0) is 0 Å². The summed E-state index contributed by atoms with van der Waals surface area (Å²) in [5, 5.41) is 17.6. The molecule has 0 amide bonds. The van der Waals surface area contributed by atoms with E-state index in [0.717, 1.165) is 19.0 Å². The molecule has 0 radical (unpaired) electrons. The second-order valence-corrected chi connectivity index (χ2v) is 4.88. The molecule has 1 aliphatic rings. The zero-order valence-corrected chi connectivity index (χ0v) is 10.3. The maximum Gasteiger partial charge on any atom is 0.0669 e. The van der Waals surface area contributed by atoms with E-state index in [0.29, 0.717) is 18.9 Å². The number of likely N-dealkylation sites (tertiary alicyclic amines) is 1. The average Bonchev–Trinajstić information content (AvgIpc) is 2.64. The van der Waals surface area contributed by atoms with Gasteiger partial charge in [0.25, 0.3) is 0 Å². The maximum absolute atomic E-state index is 9.05. The van der Waals surface area contributed by atoms with Crippen LogP contribution in [0.5, 0.6) is 0 Å². The number of nitrogens with zero attached hydrogens (tertiary/aromatic N) is 3. The summed E-state index contributed by atoms with van der Waals surface area (Å²) < 4.78 is 0. The topological polar surface area (TPSA) is 50.8 Å². The van der Waals surface area contributed by atoms with Gasteiger partial charge in [0.1, 0.15) is 0 Å². The van der Waals surface area contributed by atoms with Gasteiger partial charge in [-0.05, 0) is 25.2 Å². The zero-order chi connectivity index (χ0) is 12.0. The van der Waals surface area contributed by atoms with E-state index < -0.39 is 0 Å². The lowest BCUT2D eigenvalue weighted by atomic mass is 10.0. The van der Waals surface area contributed by atoms with Crippen LogP contribution in [0.1, 0.15) is 39.5 Å². The van der Waals surface area contributed by atoms with Gasteiger partial charge in [-0.25, -0.2) is 0 Å². The van der Waals surface area contributed by atoms with Gasteiger partial charge in [0, 0.05) is 25.6 Å². The zero-order valence-electron chi connectivity index (χ0n) is 10.3. The van der Waals surface area contributed by atoms with Crippen LogP contribution >= 0.6 is 0 Å². The molecule has 1 saturated heterocycles. The van der Waals surface area contributed by atoms with Crippen molar-refractivity contribution in [1.29, 1.82) is 10.5 Å². The minimum absolute atomic E-state index is 0.0269. The quantitative estimate of drug-likeness (QED) is 0.714. The third kappa shape index (κ3) is 3.51. The Morgan fingerprint density at radius 2 is 2.19 bits per heavy atom. The highest BCUT2D eigenvalue weighted by atomic mass is 15.2. The van der Waals surface area contributed by atoms with Crippen molar-refractivity contribution in [2.75, 3.05) is 13.1 Å². The molecule has 1 heterocycles. The highest BCUT2D eigenvalue weighted by molar-refractivity contribution is 4.91. The fourth-order valence-electron chi connectivity index (χ4n) is 2.60. The molecule has 0 spiro atoms. The summed E-state index contributed by atoms with van der Waals surface area (Å²) in [5.41, 5.74) is 0. The molecule has 1 aliphatic heterocycles. The third-order valence-electron chi connectivity index (χ3n) is 3.45. The molecule has 0 aromatic heterocycles. The van der Waals surface area contributed by atoms with E-state index in [1.165, 1.54) is 12.8 Å². The van der Waals surface area contributed by atoms with Gasteiger partial charge in [0.2, 0.25) is 0 Å². The van der Waals surface area contributed by atoms with Gasteiger partial charge in [-0.1, -0.05) is 13.8 Å². The average molecular weight is 219 g/mol. The molecule has 3 nitrogen and oxygen atoms in total. The fourth-order valence-corrected chi connectivity index (χ4v) is 2.60. The molecule has 0 aliphatic carbocycles. The Morgan fingerprint density at radius 3 is 2.75 bits per heavy atom. The highest BCUT2D eigenvalue weighted by Crippen LogP contribution is 2.26. The van der Waals surface area contributed by atoms with Gasteiger partial charge in [-0.3, -0.25) is 4.90 Å². The number of hydrogen-bond acceptors (Lipinski definition) is 3. The predicted molar refractivity (Wildman–Crippen MR) is 63.4 cm³/mol. The summed E-state index contributed by atoms with van der Waals surface area (Å²) in [6, 6.07) is 5.10. The Morgan fingerprint density at radius 1 is 1.44 bits per heavy atom. The smallest absolute Gasteiger partial charge is 0.0669 e. The Hall–Kier alpha value is -1.06. The van der Waals surface area contributed by atoms with Crippen LogP contribution in [0, 0.1) is 34.5 Å². The van der Waals surface area contributed by atoms with Crippen molar-refractivity contribution in [2.24, 2.45) is 11.8 Å². The second kappa shape index (κ2) is 6.51. The molecule has 3 heteroatoms. The van der Waals surface area contributed by atoms with E-state index in [-0.39, 0.29) is 5.92 Å². The van der Waals surface area contributed by atoms with Crippen LogP contribution in [0.2, 0.25) is 0 Å². The molecule has 1 fully saturated rings. The minimum atomic E-state index is 0.0269. The molecule has 16 heavy (non-hydrogen) atoms.